The molecule has 2 nitrogen and oxygen atoms in total. The smallest absolute Gasteiger partial charge is 0.310 e. The number of hydrogen-bond donors (Lipinski definition) is 1. The number of hydrogen-bond acceptors (Lipinski definition) is 1. The Hall–Kier alpha value is 1.35. The van der Waals surface area contributed by atoms with Gasteiger partial charge in [0.15, 0.2) is 0 Å². The molecule has 0 aromatic rings. The zero-order valence-electron chi connectivity index (χ0n) is 1.64. The summed E-state index contributed by atoms with van der Waals surface area (Å²) >= 11 is 0. The molecule has 0 aliphatic rings. The molecule has 0 spiro atoms. The molecule has 0 aromatic carbocycles. The second-order valence-electron chi connectivity index (χ2n) is 0.0816. The van der Waals surface area contributed by atoms with Crippen molar-refractivity contribution < 1.29 is 48.1 Å². The van der Waals surface area contributed by atoms with Crippen LogP contribution >= 0.6 is 8.69 Å². The third-order valence-electron chi connectivity index (χ3n) is 0. The van der Waals surface area contributed by atoms with Gasteiger partial charge in [-0.2, -0.15) is 0 Å². The van der Waals surface area contributed by atoms with Crippen molar-refractivity contribution in [3.8, 4) is 0 Å². The molecule has 27 valence electrons. The summed E-state index contributed by atoms with van der Waals surface area (Å²) in [5.74, 6) is 0. The van der Waals surface area contributed by atoms with Crippen LogP contribution in [0.4, 0.5) is 0 Å². The van der Waals surface area contributed by atoms with Gasteiger partial charge in [0.25, 0.3) is 0 Å². The van der Waals surface area contributed by atoms with Crippen molar-refractivity contribution in [3.05, 3.63) is 0 Å². The van der Waals surface area contributed by atoms with Crippen molar-refractivity contribution in [3.63, 3.8) is 0 Å². The predicted octanol–water partition coefficient (Wildman–Crippen LogP) is 0.185. The zero-order valence-corrected chi connectivity index (χ0v) is 4.67. The first-order valence-corrected chi connectivity index (χ1v) is 1.15. The second-order valence-corrected chi connectivity index (χ2v) is 0.245. The van der Waals surface area contributed by atoms with Gasteiger partial charge in [0, 0.05) is 38.6 Å². The van der Waals surface area contributed by atoms with Crippen LogP contribution in [-0.4, -0.2) is 4.89 Å². The van der Waals surface area contributed by atoms with Crippen LogP contribution in [0.2, 0.25) is 0 Å². The van der Waals surface area contributed by atoms with E-state index in [9.17, 15) is 0 Å². The minimum Gasteiger partial charge on any atom is -0.310 e. The van der Waals surface area contributed by atoms with Crippen LogP contribution in [0.1, 0.15) is 0 Å². The van der Waals surface area contributed by atoms with E-state index in [0.717, 1.165) is 0 Å². The largest absolute Gasteiger partial charge is 0.324 e. The standard InChI is InChI=1S/HO2P.Tb/c1-3-2;/h(H,1,2);. The Morgan fingerprint density at radius 1 is 1.75 bits per heavy atom. The number of rotatable bonds is 0. The van der Waals surface area contributed by atoms with Gasteiger partial charge in [-0.3, -0.25) is 0 Å². The first-order chi connectivity index (χ1) is 1.41. The summed E-state index contributed by atoms with van der Waals surface area (Å²) in [5, 5.41) is 0. The maximum Gasteiger partial charge on any atom is 0.324 e. The molecule has 0 unspecified atom stereocenters. The Balaban J connectivity index is 0. The van der Waals surface area contributed by atoms with Crippen molar-refractivity contribution in [1.82, 2.24) is 0 Å². The average Bonchev–Trinajstić information content (AvgIpc) is 0.918. The SMILES string of the molecule is O=PO.[Tb]. The molecule has 0 saturated carbocycles. The summed E-state index contributed by atoms with van der Waals surface area (Å²) in [5.41, 5.74) is 0. The summed E-state index contributed by atoms with van der Waals surface area (Å²) in [6.07, 6.45) is 0. The Morgan fingerprint density at radius 2 is 1.75 bits per heavy atom. The van der Waals surface area contributed by atoms with Crippen molar-refractivity contribution in [1.29, 1.82) is 0 Å². The summed E-state index contributed by atoms with van der Waals surface area (Å²) < 4.78 is 8.46. The summed E-state index contributed by atoms with van der Waals surface area (Å²) in [6.45, 7) is 0. The Kier molecular flexibility index (Phi) is 19.9. The van der Waals surface area contributed by atoms with Crippen LogP contribution in [0.25, 0.3) is 0 Å². The van der Waals surface area contributed by atoms with Gasteiger partial charge < -0.3 is 4.89 Å². The van der Waals surface area contributed by atoms with E-state index in [1.807, 2.05) is 0 Å². The van der Waals surface area contributed by atoms with Crippen molar-refractivity contribution in [2.24, 2.45) is 0 Å². The third-order valence-corrected chi connectivity index (χ3v) is 0. The molecule has 4 heteroatoms. The van der Waals surface area contributed by atoms with E-state index in [1.165, 1.54) is 0 Å². The van der Waals surface area contributed by atoms with Crippen LogP contribution < -0.4 is 0 Å². The fraction of sp³-hybridized carbons (Fsp3) is 0. The van der Waals surface area contributed by atoms with E-state index in [1.54, 1.807) is 0 Å². The molecule has 0 atom stereocenters. The monoisotopic (exact) mass is 223 g/mol. The molecule has 0 rings (SSSR count). The molecule has 1 radical (unpaired) electrons. The molecule has 0 aliphatic carbocycles. The molecule has 0 aliphatic heterocycles. The molecule has 0 fully saturated rings. The quantitative estimate of drug-likeness (QED) is 0.595. The van der Waals surface area contributed by atoms with E-state index >= 15 is 0 Å². The van der Waals surface area contributed by atoms with Gasteiger partial charge in [0.2, 0.25) is 0 Å². The molecule has 1 N–H and O–H groups in total. The van der Waals surface area contributed by atoms with E-state index in [4.69, 9.17) is 9.46 Å². The van der Waals surface area contributed by atoms with Gasteiger partial charge in [0.1, 0.15) is 0 Å². The van der Waals surface area contributed by atoms with E-state index in [2.05, 4.69) is 0 Å². The van der Waals surface area contributed by atoms with Crippen molar-refractivity contribution >= 4 is 8.69 Å². The van der Waals surface area contributed by atoms with Crippen LogP contribution in [0, 0.1) is 38.6 Å². The van der Waals surface area contributed by atoms with Crippen LogP contribution in [-0.2, 0) is 4.57 Å². The second kappa shape index (κ2) is 8.84. The van der Waals surface area contributed by atoms with Crippen LogP contribution in [0.5, 0.6) is 0 Å². The van der Waals surface area contributed by atoms with Gasteiger partial charge in [-0.1, -0.05) is 0 Å². The minimum absolute atomic E-state index is 0. The first-order valence-electron chi connectivity index (χ1n) is 0.383. The van der Waals surface area contributed by atoms with Crippen molar-refractivity contribution in [2.45, 2.75) is 0 Å². The Labute approximate surface area is 56.3 Å². The molecule has 4 heavy (non-hydrogen) atoms. The van der Waals surface area contributed by atoms with E-state index < -0.39 is 8.69 Å². The molecule has 0 aromatic heterocycles. The van der Waals surface area contributed by atoms with E-state index in [-0.39, 0.29) is 38.6 Å². The summed E-state index contributed by atoms with van der Waals surface area (Å²) in [6, 6.07) is 0. The maximum absolute atomic E-state index is 8.46. The molecular formula is HO2PTb. The van der Waals surface area contributed by atoms with Gasteiger partial charge in [-0.25, -0.2) is 4.57 Å². The summed E-state index contributed by atoms with van der Waals surface area (Å²) in [7, 11) is -0.833. The average molecular weight is 223 g/mol. The van der Waals surface area contributed by atoms with Gasteiger partial charge in [-0.15, -0.1) is 0 Å². The normalized spacial score (nSPS) is 5.25. The van der Waals surface area contributed by atoms with Gasteiger partial charge in [0.05, 0.1) is 0 Å². The van der Waals surface area contributed by atoms with Crippen LogP contribution in [0.3, 0.4) is 0 Å². The zero-order chi connectivity index (χ0) is 2.71. The third kappa shape index (κ3) is 10.2. The molecule has 0 bridgehead atoms. The van der Waals surface area contributed by atoms with Crippen molar-refractivity contribution in [2.75, 3.05) is 0 Å². The predicted molar refractivity (Wildman–Crippen MR) is 9.83 cm³/mol. The fourth-order valence-corrected chi connectivity index (χ4v) is 0. The molecule has 0 saturated heterocycles. The molecule has 0 heterocycles. The fourth-order valence-electron chi connectivity index (χ4n) is 0. The summed E-state index contributed by atoms with van der Waals surface area (Å²) in [4.78, 5) is 6.99. The molecular weight excluding hydrogens is 222 g/mol. The molecule has 0 amide bonds. The first kappa shape index (κ1) is 9.02. The Morgan fingerprint density at radius 3 is 1.75 bits per heavy atom. The maximum atomic E-state index is 8.46. The van der Waals surface area contributed by atoms with Gasteiger partial charge in [-0.05, 0) is 0 Å². The Bertz CT molecular complexity index is 13.5. The van der Waals surface area contributed by atoms with Gasteiger partial charge >= 0.3 is 8.69 Å². The topological polar surface area (TPSA) is 37.3 Å². The minimum atomic E-state index is -0.833. The van der Waals surface area contributed by atoms with E-state index in [0.29, 0.717) is 0 Å². The van der Waals surface area contributed by atoms with Crippen LogP contribution in [0.15, 0.2) is 0 Å².